The Morgan fingerprint density at radius 1 is 1.29 bits per heavy atom. The Balaban J connectivity index is 1.98. The van der Waals surface area contributed by atoms with E-state index in [4.69, 9.17) is 4.74 Å². The molecular formula is C17H22N2O2. The first kappa shape index (κ1) is 14.0. The Hall–Kier alpha value is -1.97. The molecule has 1 aromatic heterocycles. The third-order valence-electron chi connectivity index (χ3n) is 4.67. The van der Waals surface area contributed by atoms with E-state index >= 15 is 0 Å². The molecule has 0 amide bonds. The number of hydrogen-bond acceptors (Lipinski definition) is 3. The molecule has 1 N–H and O–H groups in total. The van der Waals surface area contributed by atoms with Crippen molar-refractivity contribution in [1.82, 2.24) is 9.55 Å². The molecule has 2 heterocycles. The second-order valence-electron chi connectivity index (χ2n) is 6.32. The van der Waals surface area contributed by atoms with Crippen molar-refractivity contribution in [2.45, 2.75) is 52.7 Å². The molecule has 0 fully saturated rings. The van der Waals surface area contributed by atoms with E-state index in [0.29, 0.717) is 5.75 Å². The number of hydrogen-bond donors (Lipinski definition) is 1. The maximum absolute atomic E-state index is 10.2. The average Bonchev–Trinajstić information content (AvgIpc) is 2.95. The molecule has 112 valence electrons. The number of phenols is 1. The largest absolute Gasteiger partial charge is 0.507 e. The van der Waals surface area contributed by atoms with Crippen LogP contribution in [0.5, 0.6) is 11.5 Å². The summed E-state index contributed by atoms with van der Waals surface area (Å²) >= 11 is 0. The summed E-state index contributed by atoms with van der Waals surface area (Å²) in [6.45, 7) is 8.87. The predicted molar refractivity (Wildman–Crippen MR) is 81.9 cm³/mol. The van der Waals surface area contributed by atoms with E-state index in [0.717, 1.165) is 47.4 Å². The summed E-state index contributed by atoms with van der Waals surface area (Å²) in [5, 5.41) is 10.2. The molecule has 0 aliphatic carbocycles. The van der Waals surface area contributed by atoms with Crippen molar-refractivity contribution in [3.63, 3.8) is 0 Å². The molecule has 0 radical (unpaired) electrons. The normalized spacial score (nSPS) is 21.0. The number of aromatic nitrogens is 2. The minimum Gasteiger partial charge on any atom is -0.507 e. The lowest BCUT2D eigenvalue weighted by atomic mass is 9.87. The van der Waals surface area contributed by atoms with Gasteiger partial charge < -0.3 is 14.4 Å². The van der Waals surface area contributed by atoms with Gasteiger partial charge in [0.2, 0.25) is 0 Å². The summed E-state index contributed by atoms with van der Waals surface area (Å²) in [7, 11) is 0. The maximum atomic E-state index is 10.2. The summed E-state index contributed by atoms with van der Waals surface area (Å²) in [4.78, 5) is 4.09. The number of imidazole rings is 1. The standard InChI is InChI=1S/C17H22N2O2/c1-11-12(2)16-14(13(3)15(11)20)5-6-17(4,21-16)9-19-8-7-18-10-19/h7-8,10,20H,5-6,9H2,1-4H3. The van der Waals surface area contributed by atoms with Crippen molar-refractivity contribution in [3.05, 3.63) is 41.0 Å². The molecule has 0 bridgehead atoms. The van der Waals surface area contributed by atoms with Gasteiger partial charge in [-0.2, -0.15) is 0 Å². The Morgan fingerprint density at radius 2 is 2.05 bits per heavy atom. The molecule has 1 aromatic carbocycles. The third kappa shape index (κ3) is 2.28. The van der Waals surface area contributed by atoms with Gasteiger partial charge in [0.25, 0.3) is 0 Å². The van der Waals surface area contributed by atoms with E-state index in [-0.39, 0.29) is 5.60 Å². The first-order valence-electron chi connectivity index (χ1n) is 7.37. The van der Waals surface area contributed by atoms with Gasteiger partial charge in [0.15, 0.2) is 0 Å². The lowest BCUT2D eigenvalue weighted by Crippen LogP contribution is -2.40. The van der Waals surface area contributed by atoms with E-state index in [9.17, 15) is 5.11 Å². The average molecular weight is 286 g/mol. The fourth-order valence-electron chi connectivity index (χ4n) is 3.17. The zero-order valence-corrected chi connectivity index (χ0v) is 13.1. The first-order valence-corrected chi connectivity index (χ1v) is 7.37. The highest BCUT2D eigenvalue weighted by atomic mass is 16.5. The van der Waals surface area contributed by atoms with Crippen LogP contribution in [0.25, 0.3) is 0 Å². The van der Waals surface area contributed by atoms with E-state index < -0.39 is 0 Å². The number of aromatic hydroxyl groups is 1. The van der Waals surface area contributed by atoms with Crippen LogP contribution in [0.1, 0.15) is 35.6 Å². The maximum Gasteiger partial charge on any atom is 0.127 e. The summed E-state index contributed by atoms with van der Waals surface area (Å²) in [5.41, 5.74) is 3.83. The number of nitrogens with zero attached hydrogens (tertiary/aromatic N) is 2. The molecule has 0 saturated carbocycles. The molecule has 0 spiro atoms. The van der Waals surface area contributed by atoms with E-state index in [1.807, 2.05) is 33.3 Å². The van der Waals surface area contributed by atoms with Crippen LogP contribution in [0.4, 0.5) is 0 Å². The van der Waals surface area contributed by atoms with Crippen LogP contribution < -0.4 is 4.74 Å². The minimum atomic E-state index is -0.242. The highest BCUT2D eigenvalue weighted by molar-refractivity contribution is 5.58. The molecule has 2 aromatic rings. The number of benzene rings is 1. The second-order valence-corrected chi connectivity index (χ2v) is 6.32. The highest BCUT2D eigenvalue weighted by Gasteiger charge is 2.34. The molecule has 4 heteroatoms. The van der Waals surface area contributed by atoms with Gasteiger partial charge in [0, 0.05) is 18.0 Å². The molecule has 0 saturated heterocycles. The van der Waals surface area contributed by atoms with Gasteiger partial charge in [-0.05, 0) is 57.2 Å². The Bertz CT molecular complexity index is 677. The van der Waals surface area contributed by atoms with E-state index in [1.165, 1.54) is 0 Å². The smallest absolute Gasteiger partial charge is 0.127 e. The van der Waals surface area contributed by atoms with Crippen LogP contribution in [-0.4, -0.2) is 20.3 Å². The van der Waals surface area contributed by atoms with Gasteiger partial charge in [0.05, 0.1) is 12.9 Å². The first-order chi connectivity index (χ1) is 9.91. The number of phenolic OH excluding ortho intramolecular Hbond substituents is 1. The Labute approximate surface area is 125 Å². The molecule has 4 nitrogen and oxygen atoms in total. The van der Waals surface area contributed by atoms with Crippen LogP contribution in [0, 0.1) is 20.8 Å². The minimum absolute atomic E-state index is 0.242. The zero-order chi connectivity index (χ0) is 15.2. The molecule has 1 aliphatic heterocycles. The van der Waals surface area contributed by atoms with Crippen molar-refractivity contribution >= 4 is 0 Å². The Kier molecular flexibility index (Phi) is 3.19. The van der Waals surface area contributed by atoms with Crippen LogP contribution >= 0.6 is 0 Å². The van der Waals surface area contributed by atoms with E-state index in [1.54, 1.807) is 6.20 Å². The molecule has 21 heavy (non-hydrogen) atoms. The monoisotopic (exact) mass is 286 g/mol. The van der Waals surface area contributed by atoms with Crippen LogP contribution in [0.2, 0.25) is 0 Å². The summed E-state index contributed by atoms with van der Waals surface area (Å²) in [6, 6.07) is 0. The van der Waals surface area contributed by atoms with Gasteiger partial charge in [-0.15, -0.1) is 0 Å². The number of fused-ring (bicyclic) bond motifs is 1. The van der Waals surface area contributed by atoms with Gasteiger partial charge in [-0.25, -0.2) is 4.98 Å². The molecule has 1 unspecified atom stereocenters. The molecule has 3 rings (SSSR count). The van der Waals surface area contributed by atoms with Gasteiger partial charge in [-0.1, -0.05) is 0 Å². The van der Waals surface area contributed by atoms with Crippen molar-refractivity contribution in [1.29, 1.82) is 0 Å². The van der Waals surface area contributed by atoms with Crippen LogP contribution in [0.15, 0.2) is 18.7 Å². The predicted octanol–water partition coefficient (Wildman–Crippen LogP) is 3.30. The lowest BCUT2D eigenvalue weighted by Gasteiger charge is -2.38. The quantitative estimate of drug-likeness (QED) is 0.921. The molecule has 1 atom stereocenters. The molecular weight excluding hydrogens is 264 g/mol. The van der Waals surface area contributed by atoms with Gasteiger partial charge in [-0.3, -0.25) is 0 Å². The van der Waals surface area contributed by atoms with Crippen LogP contribution in [0.3, 0.4) is 0 Å². The van der Waals surface area contributed by atoms with Crippen molar-refractivity contribution in [2.75, 3.05) is 0 Å². The van der Waals surface area contributed by atoms with Crippen LogP contribution in [-0.2, 0) is 13.0 Å². The lowest BCUT2D eigenvalue weighted by molar-refractivity contribution is 0.0461. The fraction of sp³-hybridized carbons (Fsp3) is 0.471. The highest BCUT2D eigenvalue weighted by Crippen LogP contribution is 2.43. The number of rotatable bonds is 2. The zero-order valence-electron chi connectivity index (χ0n) is 13.1. The second kappa shape index (κ2) is 4.79. The third-order valence-corrected chi connectivity index (χ3v) is 4.67. The van der Waals surface area contributed by atoms with E-state index in [2.05, 4.69) is 16.5 Å². The van der Waals surface area contributed by atoms with Crippen molar-refractivity contribution in [3.8, 4) is 11.5 Å². The topological polar surface area (TPSA) is 47.3 Å². The SMILES string of the molecule is Cc1c(C)c2c(c(C)c1O)CCC(C)(Cn1ccnc1)O2. The van der Waals surface area contributed by atoms with Gasteiger partial charge in [0.1, 0.15) is 17.1 Å². The van der Waals surface area contributed by atoms with Crippen molar-refractivity contribution in [2.24, 2.45) is 0 Å². The number of ether oxygens (including phenoxy) is 1. The fourth-order valence-corrected chi connectivity index (χ4v) is 3.17. The van der Waals surface area contributed by atoms with Gasteiger partial charge >= 0.3 is 0 Å². The summed E-state index contributed by atoms with van der Waals surface area (Å²) in [5.74, 6) is 1.37. The molecule has 1 aliphatic rings. The summed E-state index contributed by atoms with van der Waals surface area (Å²) in [6.07, 6.45) is 7.44. The Morgan fingerprint density at radius 3 is 2.71 bits per heavy atom. The van der Waals surface area contributed by atoms with Crippen molar-refractivity contribution < 1.29 is 9.84 Å². The summed E-state index contributed by atoms with van der Waals surface area (Å²) < 4.78 is 8.44.